The van der Waals surface area contributed by atoms with Crippen LogP contribution in [0.4, 0.5) is 5.82 Å². The van der Waals surface area contributed by atoms with E-state index in [0.717, 1.165) is 18.2 Å². The normalized spacial score (nSPS) is 15.2. The molecule has 1 aromatic carbocycles. The summed E-state index contributed by atoms with van der Waals surface area (Å²) in [6.07, 6.45) is 4.77. The number of fused-ring (bicyclic) bond motifs is 3. The van der Waals surface area contributed by atoms with Gasteiger partial charge in [-0.3, -0.25) is 0 Å². The lowest BCUT2D eigenvalue weighted by Crippen LogP contribution is -2.08. The van der Waals surface area contributed by atoms with Crippen LogP contribution in [0.15, 0.2) is 24.3 Å². The van der Waals surface area contributed by atoms with E-state index in [1.807, 2.05) is 6.07 Å². The van der Waals surface area contributed by atoms with Crippen molar-refractivity contribution in [2.45, 2.75) is 25.7 Å². The first-order chi connectivity index (χ1) is 7.36. The zero-order valence-corrected chi connectivity index (χ0v) is 8.66. The largest absolute Gasteiger partial charge is 0.383 e. The zero-order valence-electron chi connectivity index (χ0n) is 8.66. The molecule has 15 heavy (non-hydrogen) atoms. The summed E-state index contributed by atoms with van der Waals surface area (Å²) in [5.41, 5.74) is 8.61. The number of nitrogens with zero attached hydrogens (tertiary/aromatic N) is 1. The summed E-state index contributed by atoms with van der Waals surface area (Å²) in [4.78, 5) is 4.52. The first-order valence-corrected chi connectivity index (χ1v) is 5.52. The number of pyridine rings is 1. The molecule has 0 spiro atoms. The van der Waals surface area contributed by atoms with Crippen molar-refractivity contribution in [1.82, 2.24) is 4.98 Å². The average molecular weight is 198 g/mol. The van der Waals surface area contributed by atoms with Gasteiger partial charge in [0.25, 0.3) is 0 Å². The Morgan fingerprint density at radius 3 is 2.60 bits per heavy atom. The highest BCUT2D eigenvalue weighted by molar-refractivity contribution is 5.93. The van der Waals surface area contributed by atoms with Crippen molar-refractivity contribution in [3.63, 3.8) is 0 Å². The van der Waals surface area contributed by atoms with Gasteiger partial charge in [-0.2, -0.15) is 0 Å². The van der Waals surface area contributed by atoms with Crippen LogP contribution in [-0.2, 0) is 12.8 Å². The second-order valence-corrected chi connectivity index (χ2v) is 4.17. The highest BCUT2D eigenvalue weighted by Gasteiger charge is 2.15. The fourth-order valence-corrected chi connectivity index (χ4v) is 2.48. The summed E-state index contributed by atoms with van der Waals surface area (Å²) in [7, 11) is 0. The molecule has 0 aliphatic heterocycles. The maximum absolute atomic E-state index is 5.97. The second-order valence-electron chi connectivity index (χ2n) is 4.17. The van der Waals surface area contributed by atoms with Crippen molar-refractivity contribution in [3.8, 4) is 0 Å². The molecule has 0 fully saturated rings. The van der Waals surface area contributed by atoms with E-state index in [1.165, 1.54) is 29.5 Å². The number of hydrogen-bond acceptors (Lipinski definition) is 2. The third-order valence-electron chi connectivity index (χ3n) is 3.22. The topological polar surface area (TPSA) is 38.9 Å². The number of hydrogen-bond donors (Lipinski definition) is 1. The van der Waals surface area contributed by atoms with Crippen molar-refractivity contribution in [3.05, 3.63) is 35.5 Å². The van der Waals surface area contributed by atoms with Crippen LogP contribution in [-0.4, -0.2) is 4.98 Å². The van der Waals surface area contributed by atoms with Crippen molar-refractivity contribution in [1.29, 1.82) is 0 Å². The molecule has 1 aliphatic carbocycles. The van der Waals surface area contributed by atoms with Gasteiger partial charge in [-0.1, -0.05) is 24.3 Å². The van der Waals surface area contributed by atoms with Crippen molar-refractivity contribution < 1.29 is 0 Å². The molecule has 1 aliphatic rings. The van der Waals surface area contributed by atoms with Gasteiger partial charge in [0.2, 0.25) is 0 Å². The molecule has 2 heteroatoms. The van der Waals surface area contributed by atoms with Gasteiger partial charge in [-0.15, -0.1) is 0 Å². The van der Waals surface area contributed by atoms with E-state index in [4.69, 9.17) is 5.73 Å². The minimum absolute atomic E-state index is 0.686. The van der Waals surface area contributed by atoms with Gasteiger partial charge >= 0.3 is 0 Å². The maximum Gasteiger partial charge on any atom is 0.131 e. The van der Waals surface area contributed by atoms with Crippen LogP contribution >= 0.6 is 0 Å². The molecular weight excluding hydrogens is 184 g/mol. The number of aromatic nitrogens is 1. The monoisotopic (exact) mass is 198 g/mol. The van der Waals surface area contributed by atoms with Gasteiger partial charge in [0.05, 0.1) is 0 Å². The predicted molar refractivity (Wildman–Crippen MR) is 62.8 cm³/mol. The Morgan fingerprint density at radius 1 is 1.00 bits per heavy atom. The molecule has 0 saturated heterocycles. The molecule has 2 aromatic rings. The minimum Gasteiger partial charge on any atom is -0.383 e. The van der Waals surface area contributed by atoms with Gasteiger partial charge in [-0.05, 0) is 36.6 Å². The lowest BCUT2D eigenvalue weighted by atomic mass is 9.92. The van der Waals surface area contributed by atoms with Crippen LogP contribution in [0.5, 0.6) is 0 Å². The molecule has 3 rings (SSSR count). The lowest BCUT2D eigenvalue weighted by Gasteiger charge is -2.17. The van der Waals surface area contributed by atoms with Gasteiger partial charge in [-0.25, -0.2) is 4.98 Å². The number of benzene rings is 1. The highest BCUT2D eigenvalue weighted by Crippen LogP contribution is 2.30. The molecular formula is C13H14N2. The zero-order chi connectivity index (χ0) is 10.3. The molecule has 0 saturated carbocycles. The van der Waals surface area contributed by atoms with Gasteiger partial charge in [0, 0.05) is 11.1 Å². The van der Waals surface area contributed by atoms with Crippen LogP contribution in [0.2, 0.25) is 0 Å². The van der Waals surface area contributed by atoms with Crippen LogP contribution in [0, 0.1) is 0 Å². The van der Waals surface area contributed by atoms with Crippen LogP contribution < -0.4 is 5.73 Å². The first kappa shape index (κ1) is 8.72. The van der Waals surface area contributed by atoms with E-state index >= 15 is 0 Å². The summed E-state index contributed by atoms with van der Waals surface area (Å²) in [5.74, 6) is 0.686. The van der Waals surface area contributed by atoms with Gasteiger partial charge in [0.15, 0.2) is 0 Å². The Kier molecular flexibility index (Phi) is 1.88. The summed E-state index contributed by atoms with van der Waals surface area (Å²) >= 11 is 0. The van der Waals surface area contributed by atoms with Gasteiger partial charge < -0.3 is 5.73 Å². The number of anilines is 1. The third kappa shape index (κ3) is 1.29. The standard InChI is InChI=1S/C13H14N2/c14-13-11-7-2-1-5-9(11)10-6-3-4-8-12(10)15-13/h1-2,5,7H,3-4,6,8H2,(H2,14,15). The summed E-state index contributed by atoms with van der Waals surface area (Å²) in [5, 5.41) is 2.41. The summed E-state index contributed by atoms with van der Waals surface area (Å²) < 4.78 is 0. The predicted octanol–water partition coefficient (Wildman–Crippen LogP) is 2.70. The van der Waals surface area contributed by atoms with Crippen molar-refractivity contribution >= 4 is 16.6 Å². The molecule has 0 atom stereocenters. The number of rotatable bonds is 0. The Hall–Kier alpha value is -1.57. The fraction of sp³-hybridized carbons (Fsp3) is 0.308. The van der Waals surface area contributed by atoms with E-state index in [-0.39, 0.29) is 0 Å². The van der Waals surface area contributed by atoms with E-state index < -0.39 is 0 Å². The first-order valence-electron chi connectivity index (χ1n) is 5.52. The molecule has 1 heterocycles. The third-order valence-corrected chi connectivity index (χ3v) is 3.22. The Bertz CT molecular complexity index is 517. The summed E-state index contributed by atoms with van der Waals surface area (Å²) in [6, 6.07) is 8.33. The Morgan fingerprint density at radius 2 is 1.73 bits per heavy atom. The molecule has 2 nitrogen and oxygen atoms in total. The van der Waals surface area contributed by atoms with E-state index in [0.29, 0.717) is 5.82 Å². The average Bonchev–Trinajstić information content (AvgIpc) is 2.30. The summed E-state index contributed by atoms with van der Waals surface area (Å²) in [6.45, 7) is 0. The number of aryl methyl sites for hydroxylation is 2. The Labute approximate surface area is 89.1 Å². The van der Waals surface area contributed by atoms with E-state index in [1.54, 1.807) is 0 Å². The van der Waals surface area contributed by atoms with Crippen LogP contribution in [0.3, 0.4) is 0 Å². The fourth-order valence-electron chi connectivity index (χ4n) is 2.48. The molecule has 0 unspecified atom stereocenters. The number of nitrogens with two attached hydrogens (primary N) is 1. The van der Waals surface area contributed by atoms with Crippen molar-refractivity contribution in [2.75, 3.05) is 5.73 Å². The molecule has 1 aromatic heterocycles. The van der Waals surface area contributed by atoms with Gasteiger partial charge in [0.1, 0.15) is 5.82 Å². The lowest BCUT2D eigenvalue weighted by molar-refractivity contribution is 0.674. The maximum atomic E-state index is 5.97. The SMILES string of the molecule is Nc1nc2c(c3ccccc13)CCCC2. The Balaban J connectivity index is 2.39. The van der Waals surface area contributed by atoms with Crippen LogP contribution in [0.25, 0.3) is 10.8 Å². The molecule has 2 N–H and O–H groups in total. The second kappa shape index (κ2) is 3.23. The quantitative estimate of drug-likeness (QED) is 0.706. The van der Waals surface area contributed by atoms with Crippen molar-refractivity contribution in [2.24, 2.45) is 0 Å². The molecule has 0 bridgehead atoms. The molecule has 76 valence electrons. The van der Waals surface area contributed by atoms with E-state index in [9.17, 15) is 0 Å². The highest BCUT2D eigenvalue weighted by atomic mass is 14.8. The minimum atomic E-state index is 0.686. The van der Waals surface area contributed by atoms with Crippen LogP contribution in [0.1, 0.15) is 24.1 Å². The number of nitrogen functional groups attached to an aromatic ring is 1. The molecule has 0 amide bonds. The molecule has 0 radical (unpaired) electrons. The smallest absolute Gasteiger partial charge is 0.131 e. The van der Waals surface area contributed by atoms with E-state index in [2.05, 4.69) is 23.2 Å².